The van der Waals surface area contributed by atoms with E-state index in [4.69, 9.17) is 14.7 Å². The Kier molecular flexibility index (Phi) is 15.1. The molecule has 0 aliphatic carbocycles. The number of carbonyl (C=O) groups is 4. The molecule has 3 rings (SSSR count). The molecule has 2 amide bonds. The van der Waals surface area contributed by atoms with Gasteiger partial charge in [0.05, 0.1) is 31.7 Å². The van der Waals surface area contributed by atoms with Gasteiger partial charge in [-0.1, -0.05) is 66.7 Å². The molecular formula is C29H28N4O6Pd. The maximum Gasteiger partial charge on any atom is 2.00 e. The summed E-state index contributed by atoms with van der Waals surface area (Å²) in [4.78, 5) is 54.1. The van der Waals surface area contributed by atoms with E-state index in [1.807, 2.05) is 60.7 Å². The number of nitriles is 1. The number of hydrogen-bond acceptors (Lipinski definition) is 8. The number of methoxy groups -OCH3 is 2. The van der Waals surface area contributed by atoms with Crippen LogP contribution >= 0.6 is 0 Å². The van der Waals surface area contributed by atoms with Gasteiger partial charge in [0.15, 0.2) is 0 Å². The molecule has 0 saturated heterocycles. The van der Waals surface area contributed by atoms with Crippen LogP contribution in [0.3, 0.4) is 0 Å². The molecule has 0 aliphatic heterocycles. The second-order valence-corrected chi connectivity index (χ2v) is 7.96. The summed E-state index contributed by atoms with van der Waals surface area (Å²) in [5, 5.41) is 15.3. The number of nitrogens with zero attached hydrogens (tertiary/aromatic N) is 4. The van der Waals surface area contributed by atoms with Crippen LogP contribution in [-0.4, -0.2) is 55.0 Å². The first-order chi connectivity index (χ1) is 18.8. The minimum Gasteiger partial charge on any atom is -0.636 e. The number of aromatic nitrogens is 1. The molecule has 1 heterocycles. The summed E-state index contributed by atoms with van der Waals surface area (Å²) in [6, 6.07) is 21.9. The summed E-state index contributed by atoms with van der Waals surface area (Å²) >= 11 is 0. The summed E-state index contributed by atoms with van der Waals surface area (Å²) in [5.41, 5.74) is 1.31. The normalized spacial score (nSPS) is 11.1. The fraction of sp³-hybridized carbons (Fsp3) is 0.241. The fourth-order valence-corrected chi connectivity index (χ4v) is 3.40. The maximum atomic E-state index is 12.8. The zero-order chi connectivity index (χ0) is 28.6. The van der Waals surface area contributed by atoms with Gasteiger partial charge < -0.3 is 29.7 Å². The summed E-state index contributed by atoms with van der Waals surface area (Å²) in [6.07, 6.45) is 0.320. The van der Waals surface area contributed by atoms with Gasteiger partial charge in [-0.2, -0.15) is 5.26 Å². The number of rotatable bonds is 10. The van der Waals surface area contributed by atoms with Crippen LogP contribution in [-0.2, 0) is 52.3 Å². The number of pyridine rings is 1. The van der Waals surface area contributed by atoms with Gasteiger partial charge in [-0.3, -0.25) is 9.59 Å². The van der Waals surface area contributed by atoms with Crippen LogP contribution in [0.4, 0.5) is 0 Å². The molecular weight excluding hydrogens is 607 g/mol. The maximum absolute atomic E-state index is 12.8. The van der Waals surface area contributed by atoms with Crippen molar-refractivity contribution in [3.8, 4) is 6.07 Å². The van der Waals surface area contributed by atoms with Gasteiger partial charge in [-0.05, 0) is 48.2 Å². The molecule has 0 N–H and O–H groups in total. The molecule has 40 heavy (non-hydrogen) atoms. The van der Waals surface area contributed by atoms with Crippen molar-refractivity contribution in [2.45, 2.75) is 31.8 Å². The predicted molar refractivity (Wildman–Crippen MR) is 143 cm³/mol. The van der Waals surface area contributed by atoms with Gasteiger partial charge in [-0.15, -0.1) is 0 Å². The third kappa shape index (κ3) is 10.8. The van der Waals surface area contributed by atoms with Gasteiger partial charge in [0.25, 0.3) is 11.9 Å². The first-order valence-electron chi connectivity index (χ1n) is 11.8. The number of ether oxygens (including phenoxy) is 2. The Labute approximate surface area is 246 Å². The van der Waals surface area contributed by atoms with Crippen LogP contribution in [0, 0.1) is 11.3 Å². The number of carbonyl (C=O) groups excluding carboxylic acids is 4. The predicted octanol–water partition coefficient (Wildman–Crippen LogP) is 4.21. The Morgan fingerprint density at radius 3 is 1.40 bits per heavy atom. The number of amides is 2. The van der Waals surface area contributed by atoms with Crippen LogP contribution in [0.5, 0.6) is 0 Å². The molecule has 2 atom stereocenters. The molecule has 10 nitrogen and oxygen atoms in total. The van der Waals surface area contributed by atoms with Crippen LogP contribution in [0.1, 0.15) is 39.0 Å². The zero-order valence-corrected chi connectivity index (χ0v) is 23.7. The quantitative estimate of drug-likeness (QED) is 0.238. The van der Waals surface area contributed by atoms with E-state index in [1.54, 1.807) is 6.07 Å². The van der Waals surface area contributed by atoms with E-state index in [0.29, 0.717) is 0 Å². The summed E-state index contributed by atoms with van der Waals surface area (Å²) < 4.78 is 9.58. The molecule has 2 aromatic carbocycles. The Morgan fingerprint density at radius 2 is 1.07 bits per heavy atom. The van der Waals surface area contributed by atoms with Gasteiger partial charge in [0, 0.05) is 6.92 Å². The minimum absolute atomic E-state index is 0. The summed E-state index contributed by atoms with van der Waals surface area (Å²) in [6.45, 7) is 1.43. The van der Waals surface area contributed by atoms with E-state index in [2.05, 4.69) is 15.6 Å². The molecule has 210 valence electrons. The van der Waals surface area contributed by atoms with Crippen molar-refractivity contribution in [2.75, 3.05) is 14.2 Å². The topological polar surface area (TPSA) is 152 Å². The number of hydrogen-bond donors (Lipinski definition) is 0. The van der Waals surface area contributed by atoms with E-state index in [9.17, 15) is 19.2 Å². The summed E-state index contributed by atoms with van der Waals surface area (Å²) in [7, 11) is 2.43. The second-order valence-electron chi connectivity index (χ2n) is 7.96. The van der Waals surface area contributed by atoms with Crippen LogP contribution < -0.4 is 0 Å². The molecule has 0 aliphatic rings. The molecule has 1 aromatic heterocycles. The van der Waals surface area contributed by atoms with Crippen molar-refractivity contribution in [2.24, 2.45) is 0 Å². The SMILES string of the molecule is CC#N.COC(=O)[C@H](Cc1ccccc1)[N-]C(=O)c1cccc(C(=O)[N-][C@@H](Cc2ccccc2)C(=O)OC)n1.[Pd+2]. The third-order valence-corrected chi connectivity index (χ3v) is 5.22. The third-order valence-electron chi connectivity index (χ3n) is 5.22. The van der Waals surface area contributed by atoms with Crippen molar-refractivity contribution in [3.05, 3.63) is 112 Å². The van der Waals surface area contributed by atoms with E-state index >= 15 is 0 Å². The number of benzene rings is 2. The van der Waals surface area contributed by atoms with Crippen molar-refractivity contribution < 1.29 is 49.1 Å². The average Bonchev–Trinajstić information content (AvgIpc) is 2.97. The molecule has 0 unspecified atom stereocenters. The smallest absolute Gasteiger partial charge is 0.636 e. The first-order valence-corrected chi connectivity index (χ1v) is 11.8. The van der Waals surface area contributed by atoms with Gasteiger partial charge in [-0.25, -0.2) is 4.98 Å². The molecule has 11 heteroatoms. The van der Waals surface area contributed by atoms with Crippen molar-refractivity contribution in [1.29, 1.82) is 5.26 Å². The molecule has 0 radical (unpaired) electrons. The van der Waals surface area contributed by atoms with Crippen molar-refractivity contribution in [1.82, 2.24) is 4.98 Å². The van der Waals surface area contributed by atoms with Crippen molar-refractivity contribution >= 4 is 23.8 Å². The minimum atomic E-state index is -1.08. The van der Waals surface area contributed by atoms with Gasteiger partial charge in [0.1, 0.15) is 11.8 Å². The largest absolute Gasteiger partial charge is 2.00 e. The Balaban J connectivity index is 0.00000191. The monoisotopic (exact) mass is 634 g/mol. The van der Waals surface area contributed by atoms with Gasteiger partial charge in [0.2, 0.25) is 0 Å². The van der Waals surface area contributed by atoms with Crippen LogP contribution in [0.2, 0.25) is 0 Å². The van der Waals surface area contributed by atoms with E-state index < -0.39 is 35.8 Å². The van der Waals surface area contributed by atoms with E-state index in [1.165, 1.54) is 39.3 Å². The number of esters is 2. The molecule has 0 saturated carbocycles. The Hall–Kier alpha value is -4.38. The molecule has 0 bridgehead atoms. The molecule has 0 fully saturated rings. The first kappa shape index (κ1) is 33.7. The molecule has 3 aromatic rings. The van der Waals surface area contributed by atoms with Crippen molar-refractivity contribution in [3.63, 3.8) is 0 Å². The molecule has 0 spiro atoms. The zero-order valence-electron chi connectivity index (χ0n) is 22.1. The van der Waals surface area contributed by atoms with E-state index in [-0.39, 0.29) is 44.7 Å². The average molecular weight is 635 g/mol. The Bertz CT molecular complexity index is 1210. The standard InChI is InChI=1S/C27H27N3O6.C2H3N.Pd/c1-35-26(33)22(16-18-10-5-3-6-11-18)29-24(31)20-14-9-15-21(28-20)25(32)30-23(27(34)36-2)17-19-12-7-4-8-13-19;1-2-3;/h3-15,22-23H,16-17H2,1-2H3,(H2,29,30,31,32);1H3;/q;;+2/p-2/t22-,23-;;/m0../s1. The van der Waals surface area contributed by atoms with Gasteiger partial charge >= 0.3 is 20.4 Å². The van der Waals surface area contributed by atoms with E-state index in [0.717, 1.165) is 11.1 Å². The second kappa shape index (κ2) is 18.0. The van der Waals surface area contributed by atoms with Crippen LogP contribution in [0.15, 0.2) is 78.9 Å². The van der Waals surface area contributed by atoms with Crippen LogP contribution in [0.25, 0.3) is 10.6 Å². The fourth-order valence-electron chi connectivity index (χ4n) is 3.40. The summed E-state index contributed by atoms with van der Waals surface area (Å²) in [5.74, 6) is -2.91. The Morgan fingerprint density at radius 1 is 0.725 bits per heavy atom.